The molecule has 0 bridgehead atoms. The van der Waals surface area contributed by atoms with Crippen LogP contribution in [0.5, 0.6) is 0 Å². The van der Waals surface area contributed by atoms with Crippen molar-refractivity contribution in [3.63, 3.8) is 0 Å². The maximum atomic E-state index is 12.2. The number of Topliss-reactive ketones (excluding diaryl/α,β-unsaturated/α-hetero) is 1. The van der Waals surface area contributed by atoms with E-state index >= 15 is 0 Å². The van der Waals surface area contributed by atoms with Crippen molar-refractivity contribution in [2.75, 3.05) is 6.61 Å². The van der Waals surface area contributed by atoms with Gasteiger partial charge < -0.3 is 4.74 Å². The summed E-state index contributed by atoms with van der Waals surface area (Å²) < 4.78 is 6.57. The van der Waals surface area contributed by atoms with Crippen molar-refractivity contribution >= 4 is 5.78 Å². The zero-order chi connectivity index (χ0) is 18.0. The SMILES string of the molecule is C[C@]12CCC3C4=C(CC(=O)CC4)CC(C4CC4)C3C1C1CC1[C@@]21C=CCO1. The summed E-state index contributed by atoms with van der Waals surface area (Å²) in [7, 11) is 0. The van der Waals surface area contributed by atoms with Gasteiger partial charge in [0.1, 0.15) is 5.78 Å². The molecule has 1 spiro atoms. The molecule has 0 saturated heterocycles. The van der Waals surface area contributed by atoms with Crippen LogP contribution in [0.1, 0.15) is 64.7 Å². The Morgan fingerprint density at radius 1 is 1.15 bits per heavy atom. The van der Waals surface area contributed by atoms with Crippen molar-refractivity contribution in [2.24, 2.45) is 46.8 Å². The van der Waals surface area contributed by atoms with Crippen LogP contribution in [0, 0.1) is 46.8 Å². The van der Waals surface area contributed by atoms with Crippen molar-refractivity contribution in [1.82, 2.24) is 0 Å². The van der Waals surface area contributed by atoms with Crippen LogP contribution >= 0.6 is 0 Å². The number of carbonyl (C=O) groups excluding carboxylic acids is 1. The Labute approximate surface area is 162 Å². The fourth-order valence-corrected chi connectivity index (χ4v) is 9.21. The molecule has 1 heterocycles. The van der Waals surface area contributed by atoms with Gasteiger partial charge in [0.2, 0.25) is 0 Å². The first-order valence-corrected chi connectivity index (χ1v) is 11.7. The van der Waals surface area contributed by atoms with E-state index in [-0.39, 0.29) is 5.60 Å². The molecular formula is C25H32O2. The minimum Gasteiger partial charge on any atom is -0.366 e. The van der Waals surface area contributed by atoms with Crippen LogP contribution in [0.2, 0.25) is 0 Å². The summed E-state index contributed by atoms with van der Waals surface area (Å²) >= 11 is 0. The highest BCUT2D eigenvalue weighted by Crippen LogP contribution is 2.78. The molecule has 0 aromatic heterocycles. The van der Waals surface area contributed by atoms with Crippen LogP contribution < -0.4 is 0 Å². The van der Waals surface area contributed by atoms with Crippen LogP contribution in [0.15, 0.2) is 23.3 Å². The molecule has 6 aliphatic carbocycles. The first-order valence-electron chi connectivity index (χ1n) is 11.7. The zero-order valence-electron chi connectivity index (χ0n) is 16.6. The number of fused-ring (bicyclic) bond motifs is 8. The normalized spacial score (nSPS) is 55.4. The Hall–Kier alpha value is -0.890. The molecule has 0 N–H and O–H groups in total. The number of allylic oxidation sites excluding steroid dienone is 2. The van der Waals surface area contributed by atoms with Crippen LogP contribution in [-0.4, -0.2) is 18.0 Å². The molecule has 2 nitrogen and oxygen atoms in total. The summed E-state index contributed by atoms with van der Waals surface area (Å²) in [5.41, 5.74) is 3.79. The van der Waals surface area contributed by atoms with Crippen LogP contribution in [-0.2, 0) is 9.53 Å². The Balaban J connectivity index is 1.34. The van der Waals surface area contributed by atoms with Gasteiger partial charge in [-0.3, -0.25) is 4.79 Å². The number of carbonyl (C=O) groups is 1. The van der Waals surface area contributed by atoms with Gasteiger partial charge in [0, 0.05) is 18.3 Å². The second kappa shape index (κ2) is 4.99. The van der Waals surface area contributed by atoms with Gasteiger partial charge in [-0.25, -0.2) is 0 Å². The van der Waals surface area contributed by atoms with Crippen LogP contribution in [0.3, 0.4) is 0 Å². The summed E-state index contributed by atoms with van der Waals surface area (Å²) in [5.74, 6) is 6.59. The third-order valence-electron chi connectivity index (χ3n) is 10.3. The lowest BCUT2D eigenvalue weighted by molar-refractivity contribution is -0.131. The second-order valence-corrected chi connectivity index (χ2v) is 11.2. The van der Waals surface area contributed by atoms with Gasteiger partial charge in [-0.1, -0.05) is 30.2 Å². The quantitative estimate of drug-likeness (QED) is 0.606. The summed E-state index contributed by atoms with van der Waals surface area (Å²) in [6.07, 6.45) is 15.8. The highest BCUT2D eigenvalue weighted by atomic mass is 16.5. The lowest BCUT2D eigenvalue weighted by Gasteiger charge is -2.58. The number of hydrogen-bond donors (Lipinski definition) is 0. The lowest BCUT2D eigenvalue weighted by Crippen LogP contribution is -2.55. The van der Waals surface area contributed by atoms with Crippen molar-refractivity contribution < 1.29 is 9.53 Å². The van der Waals surface area contributed by atoms with E-state index in [9.17, 15) is 4.79 Å². The molecular weight excluding hydrogens is 332 g/mol. The number of hydrogen-bond acceptors (Lipinski definition) is 2. The first-order chi connectivity index (χ1) is 13.1. The van der Waals surface area contributed by atoms with Gasteiger partial charge in [0.15, 0.2) is 0 Å². The molecule has 7 rings (SSSR count). The topological polar surface area (TPSA) is 26.3 Å². The summed E-state index contributed by atoms with van der Waals surface area (Å²) in [4.78, 5) is 12.2. The molecule has 4 saturated carbocycles. The van der Waals surface area contributed by atoms with E-state index in [0.717, 1.165) is 67.3 Å². The smallest absolute Gasteiger partial charge is 0.137 e. The molecule has 2 heteroatoms. The van der Waals surface area contributed by atoms with Gasteiger partial charge in [0.25, 0.3) is 0 Å². The number of ketones is 1. The predicted molar refractivity (Wildman–Crippen MR) is 104 cm³/mol. The maximum Gasteiger partial charge on any atom is 0.137 e. The van der Waals surface area contributed by atoms with Crippen molar-refractivity contribution in [2.45, 2.75) is 70.3 Å². The highest BCUT2D eigenvalue weighted by molar-refractivity contribution is 5.82. The first kappa shape index (κ1) is 16.0. The fourth-order valence-electron chi connectivity index (χ4n) is 9.21. The van der Waals surface area contributed by atoms with Crippen LogP contribution in [0.4, 0.5) is 0 Å². The Kier molecular flexibility index (Phi) is 2.95. The average Bonchev–Trinajstić information content (AvgIpc) is 3.58. The Bertz CT molecular complexity index is 788. The molecule has 144 valence electrons. The largest absolute Gasteiger partial charge is 0.366 e. The molecule has 27 heavy (non-hydrogen) atoms. The van der Waals surface area contributed by atoms with E-state index in [0.29, 0.717) is 11.2 Å². The van der Waals surface area contributed by atoms with Gasteiger partial charge in [-0.2, -0.15) is 0 Å². The number of ether oxygens (including phenoxy) is 1. The molecule has 8 atom stereocenters. The van der Waals surface area contributed by atoms with E-state index in [1.165, 1.54) is 38.5 Å². The van der Waals surface area contributed by atoms with E-state index in [4.69, 9.17) is 4.74 Å². The monoisotopic (exact) mass is 364 g/mol. The third-order valence-corrected chi connectivity index (χ3v) is 10.3. The molecule has 0 aromatic rings. The van der Waals surface area contributed by atoms with Gasteiger partial charge in [0.05, 0.1) is 12.2 Å². The minimum absolute atomic E-state index is 0.0680. The lowest BCUT2D eigenvalue weighted by atomic mass is 9.48. The Morgan fingerprint density at radius 2 is 2.04 bits per heavy atom. The van der Waals surface area contributed by atoms with Gasteiger partial charge in [-0.15, -0.1) is 0 Å². The van der Waals surface area contributed by atoms with Crippen LogP contribution in [0.25, 0.3) is 0 Å². The third kappa shape index (κ3) is 1.85. The standard InChI is InChI=1S/C25H32O2/c1-24-9-7-18-17-6-5-16(26)11-15(17)12-19(14-3-4-14)22(18)23(24)20-13-21(20)25(24)8-2-10-27-25/h2,8,14,18-23H,3-7,9-13H2,1H3/t18?,19?,20?,21?,22?,23?,24-,25-/m0/s1. The molecule has 4 fully saturated rings. The van der Waals surface area contributed by atoms with Crippen molar-refractivity contribution in [1.29, 1.82) is 0 Å². The molecule has 1 aliphatic heterocycles. The Morgan fingerprint density at radius 3 is 2.81 bits per heavy atom. The molecule has 7 aliphatic rings. The molecule has 0 amide bonds. The molecule has 0 radical (unpaired) electrons. The summed E-state index contributed by atoms with van der Waals surface area (Å²) in [6.45, 7) is 3.44. The fraction of sp³-hybridized carbons (Fsp3) is 0.800. The summed E-state index contributed by atoms with van der Waals surface area (Å²) in [6, 6.07) is 0. The maximum absolute atomic E-state index is 12.2. The molecule has 6 unspecified atom stereocenters. The van der Waals surface area contributed by atoms with E-state index < -0.39 is 0 Å². The molecule has 0 aromatic carbocycles. The van der Waals surface area contributed by atoms with E-state index in [2.05, 4.69) is 19.1 Å². The van der Waals surface area contributed by atoms with E-state index in [1.807, 2.05) is 0 Å². The predicted octanol–water partition coefficient (Wildman–Crippen LogP) is 5.09. The minimum atomic E-state index is 0.0680. The zero-order valence-corrected chi connectivity index (χ0v) is 16.6. The summed E-state index contributed by atoms with van der Waals surface area (Å²) in [5, 5.41) is 0. The van der Waals surface area contributed by atoms with Crippen molar-refractivity contribution in [3.05, 3.63) is 23.3 Å². The van der Waals surface area contributed by atoms with E-state index in [1.54, 1.807) is 11.1 Å². The van der Waals surface area contributed by atoms with Gasteiger partial charge >= 0.3 is 0 Å². The highest BCUT2D eigenvalue weighted by Gasteiger charge is 2.77. The number of rotatable bonds is 1. The average molecular weight is 365 g/mol. The second-order valence-electron chi connectivity index (χ2n) is 11.2. The van der Waals surface area contributed by atoms with Crippen molar-refractivity contribution in [3.8, 4) is 0 Å². The van der Waals surface area contributed by atoms with Gasteiger partial charge in [-0.05, 0) is 86.4 Å².